The Balaban J connectivity index is 0.000000980. The molecule has 0 saturated heterocycles. The second kappa shape index (κ2) is 3.70. The lowest BCUT2D eigenvalue weighted by atomic mass is 9.73. The van der Waals surface area contributed by atoms with Crippen molar-refractivity contribution in [3.05, 3.63) is 0 Å². The Morgan fingerprint density at radius 2 is 2.00 bits per heavy atom. The summed E-state index contributed by atoms with van der Waals surface area (Å²) in [5.74, 6) is -0.0421. The highest BCUT2D eigenvalue weighted by atomic mass is 35.5. The van der Waals surface area contributed by atoms with Crippen molar-refractivity contribution < 1.29 is 9.53 Å². The third-order valence-corrected chi connectivity index (χ3v) is 3.74. The zero-order valence-electron chi connectivity index (χ0n) is 8.54. The van der Waals surface area contributed by atoms with Crippen LogP contribution in [0.2, 0.25) is 0 Å². The molecule has 14 heavy (non-hydrogen) atoms. The Kier molecular flexibility index (Phi) is 3.12. The van der Waals surface area contributed by atoms with E-state index < -0.39 is 0 Å². The number of fused-ring (bicyclic) bond motifs is 2. The van der Waals surface area contributed by atoms with Gasteiger partial charge in [-0.05, 0) is 32.1 Å². The van der Waals surface area contributed by atoms with Crippen LogP contribution in [0.5, 0.6) is 0 Å². The number of halogens is 1. The number of ether oxygens (including phenoxy) is 1. The highest BCUT2D eigenvalue weighted by molar-refractivity contribution is 5.85. The lowest BCUT2D eigenvalue weighted by Gasteiger charge is -2.35. The fourth-order valence-corrected chi connectivity index (χ4v) is 3.04. The summed E-state index contributed by atoms with van der Waals surface area (Å²) >= 11 is 0. The van der Waals surface area contributed by atoms with E-state index in [0.717, 1.165) is 38.5 Å². The summed E-state index contributed by atoms with van der Waals surface area (Å²) in [6, 6.07) is 0. The second-order valence-electron chi connectivity index (χ2n) is 4.66. The summed E-state index contributed by atoms with van der Waals surface area (Å²) in [5.41, 5.74) is 5.89. The normalized spacial score (nSPS) is 40.1. The molecule has 4 heteroatoms. The SMILES string of the molecule is COC(=O)C12CCCC(N)(CC1)C2.Cl. The molecule has 2 N–H and O–H groups in total. The Labute approximate surface area is 90.8 Å². The van der Waals surface area contributed by atoms with E-state index in [1.807, 2.05) is 0 Å². The van der Waals surface area contributed by atoms with Crippen molar-refractivity contribution in [3.63, 3.8) is 0 Å². The van der Waals surface area contributed by atoms with Gasteiger partial charge >= 0.3 is 5.97 Å². The summed E-state index contributed by atoms with van der Waals surface area (Å²) in [6.07, 6.45) is 5.88. The number of esters is 1. The van der Waals surface area contributed by atoms with Crippen molar-refractivity contribution in [1.29, 1.82) is 0 Å². The Morgan fingerprint density at radius 1 is 1.29 bits per heavy atom. The molecule has 2 rings (SSSR count). The van der Waals surface area contributed by atoms with Crippen LogP contribution in [0.3, 0.4) is 0 Å². The Hall–Kier alpha value is -0.280. The van der Waals surface area contributed by atoms with E-state index in [2.05, 4.69) is 0 Å². The highest BCUT2D eigenvalue weighted by Crippen LogP contribution is 2.52. The van der Waals surface area contributed by atoms with Crippen molar-refractivity contribution in [3.8, 4) is 0 Å². The van der Waals surface area contributed by atoms with Gasteiger partial charge in [-0.2, -0.15) is 0 Å². The molecule has 2 saturated carbocycles. The fraction of sp³-hybridized carbons (Fsp3) is 0.900. The van der Waals surface area contributed by atoms with E-state index in [-0.39, 0.29) is 29.3 Å². The number of nitrogens with two attached hydrogens (primary N) is 1. The van der Waals surface area contributed by atoms with Crippen LogP contribution < -0.4 is 5.73 Å². The molecule has 0 spiro atoms. The van der Waals surface area contributed by atoms with Gasteiger partial charge in [0.1, 0.15) is 0 Å². The average Bonchev–Trinajstić information content (AvgIpc) is 2.37. The van der Waals surface area contributed by atoms with E-state index in [0.29, 0.717) is 0 Å². The number of carbonyl (C=O) groups excluding carboxylic acids is 1. The Morgan fingerprint density at radius 3 is 2.64 bits per heavy atom. The van der Waals surface area contributed by atoms with Crippen molar-refractivity contribution >= 4 is 18.4 Å². The number of hydrogen-bond donors (Lipinski definition) is 1. The van der Waals surface area contributed by atoms with Crippen molar-refractivity contribution in [2.75, 3.05) is 7.11 Å². The lowest BCUT2D eigenvalue weighted by Crippen LogP contribution is -2.43. The molecule has 2 aliphatic carbocycles. The molecule has 0 amide bonds. The maximum atomic E-state index is 11.6. The van der Waals surface area contributed by atoms with Gasteiger partial charge in [-0.1, -0.05) is 6.42 Å². The van der Waals surface area contributed by atoms with Gasteiger partial charge < -0.3 is 10.5 Å². The highest BCUT2D eigenvalue weighted by Gasteiger charge is 2.53. The predicted octanol–water partition coefficient (Wildman–Crippen LogP) is 1.63. The van der Waals surface area contributed by atoms with Crippen molar-refractivity contribution in [2.45, 2.75) is 44.1 Å². The third-order valence-electron chi connectivity index (χ3n) is 3.74. The van der Waals surface area contributed by atoms with Gasteiger partial charge in [0.2, 0.25) is 0 Å². The molecule has 0 aromatic carbocycles. The molecule has 0 radical (unpaired) electrons. The smallest absolute Gasteiger partial charge is 0.311 e. The third kappa shape index (κ3) is 1.63. The van der Waals surface area contributed by atoms with Gasteiger partial charge in [0, 0.05) is 5.54 Å². The summed E-state index contributed by atoms with van der Waals surface area (Å²) in [4.78, 5) is 11.6. The van der Waals surface area contributed by atoms with Crippen LogP contribution in [0.15, 0.2) is 0 Å². The number of hydrogen-bond acceptors (Lipinski definition) is 3. The molecular weight excluding hydrogens is 202 g/mol. The van der Waals surface area contributed by atoms with E-state index in [1.54, 1.807) is 0 Å². The van der Waals surface area contributed by atoms with E-state index in [9.17, 15) is 4.79 Å². The molecule has 0 aromatic rings. The topological polar surface area (TPSA) is 52.3 Å². The number of rotatable bonds is 1. The minimum Gasteiger partial charge on any atom is -0.469 e. The molecular formula is C10H18ClNO2. The monoisotopic (exact) mass is 219 g/mol. The maximum absolute atomic E-state index is 11.6. The molecule has 3 nitrogen and oxygen atoms in total. The van der Waals surface area contributed by atoms with E-state index in [1.165, 1.54) is 7.11 Å². The molecule has 0 heterocycles. The molecule has 2 atom stereocenters. The molecule has 82 valence electrons. The van der Waals surface area contributed by atoms with E-state index in [4.69, 9.17) is 10.5 Å². The van der Waals surface area contributed by atoms with E-state index >= 15 is 0 Å². The van der Waals surface area contributed by atoms with Crippen LogP contribution in [0, 0.1) is 5.41 Å². The molecule has 2 unspecified atom stereocenters. The van der Waals surface area contributed by atoms with Gasteiger partial charge in [-0.15, -0.1) is 12.4 Å². The van der Waals surface area contributed by atoms with Gasteiger partial charge in [-0.25, -0.2) is 0 Å². The summed E-state index contributed by atoms with van der Waals surface area (Å²) in [7, 11) is 1.47. The van der Waals surface area contributed by atoms with Gasteiger partial charge in [0.15, 0.2) is 0 Å². The molecule has 2 bridgehead atoms. The largest absolute Gasteiger partial charge is 0.469 e. The summed E-state index contributed by atoms with van der Waals surface area (Å²) in [5, 5.41) is 0. The van der Waals surface area contributed by atoms with Crippen LogP contribution >= 0.6 is 12.4 Å². The molecule has 0 aliphatic heterocycles. The first-order chi connectivity index (χ1) is 6.10. The first-order valence-electron chi connectivity index (χ1n) is 4.98. The quantitative estimate of drug-likeness (QED) is 0.682. The standard InChI is InChI=1S/C10H17NO2.ClH/c1-13-8(12)9-3-2-4-10(11,7-9)6-5-9;/h2-7,11H2,1H3;1H. The number of methoxy groups -OCH3 is 1. The minimum absolute atomic E-state index is 0. The average molecular weight is 220 g/mol. The van der Waals surface area contributed by atoms with Crippen molar-refractivity contribution in [2.24, 2.45) is 11.1 Å². The maximum Gasteiger partial charge on any atom is 0.311 e. The van der Waals surface area contributed by atoms with Gasteiger partial charge in [0.25, 0.3) is 0 Å². The zero-order chi connectivity index (χ0) is 9.53. The molecule has 2 fully saturated rings. The minimum atomic E-state index is -0.220. The van der Waals surface area contributed by atoms with Crippen LogP contribution in [-0.4, -0.2) is 18.6 Å². The number of carbonyl (C=O) groups is 1. The van der Waals surface area contributed by atoms with Crippen LogP contribution in [0.25, 0.3) is 0 Å². The Bertz CT molecular complexity index is 246. The van der Waals surface area contributed by atoms with Crippen molar-refractivity contribution in [1.82, 2.24) is 0 Å². The van der Waals surface area contributed by atoms with Crippen LogP contribution in [-0.2, 0) is 9.53 Å². The van der Waals surface area contributed by atoms with Gasteiger partial charge in [0.05, 0.1) is 12.5 Å². The zero-order valence-corrected chi connectivity index (χ0v) is 9.36. The predicted molar refractivity (Wildman–Crippen MR) is 56.3 cm³/mol. The molecule has 2 aliphatic rings. The van der Waals surface area contributed by atoms with Crippen LogP contribution in [0.1, 0.15) is 38.5 Å². The summed E-state index contributed by atoms with van der Waals surface area (Å²) in [6.45, 7) is 0. The second-order valence-corrected chi connectivity index (χ2v) is 4.66. The van der Waals surface area contributed by atoms with Gasteiger partial charge in [-0.3, -0.25) is 4.79 Å². The fourth-order valence-electron chi connectivity index (χ4n) is 3.04. The van der Waals surface area contributed by atoms with Crippen LogP contribution in [0.4, 0.5) is 0 Å². The lowest BCUT2D eigenvalue weighted by molar-refractivity contribution is -0.154. The molecule has 0 aromatic heterocycles. The summed E-state index contributed by atoms with van der Waals surface area (Å²) < 4.78 is 4.86. The first kappa shape index (κ1) is 11.8. The first-order valence-corrected chi connectivity index (χ1v) is 4.98.